The lowest BCUT2D eigenvalue weighted by molar-refractivity contribution is -0.130. The molecule has 0 spiro atoms. The van der Waals surface area contributed by atoms with Crippen molar-refractivity contribution in [3.63, 3.8) is 0 Å². The van der Waals surface area contributed by atoms with Gasteiger partial charge in [-0.15, -0.1) is 0 Å². The summed E-state index contributed by atoms with van der Waals surface area (Å²) in [6.45, 7) is 0.158. The SMILES string of the molecule is O=C(CCNC(=O)[C@H]1Cc2ccccc2C(=O)O1)Nc1ccncc1. The number of benzene rings is 1. The van der Waals surface area contributed by atoms with Gasteiger partial charge in [0.1, 0.15) is 0 Å². The summed E-state index contributed by atoms with van der Waals surface area (Å²) in [5.74, 6) is -1.13. The van der Waals surface area contributed by atoms with E-state index < -0.39 is 18.0 Å². The minimum absolute atomic E-state index is 0.116. The standard InChI is InChI=1S/C18H17N3O4/c22-16(21-13-5-8-19-9-6-13)7-10-20-17(23)15-11-12-3-1-2-4-14(12)18(24)25-15/h1-6,8-9,15H,7,10-11H2,(H,20,23)(H,19,21,22)/t15-/m1/s1. The number of nitrogens with one attached hydrogen (secondary N) is 2. The van der Waals surface area contributed by atoms with Crippen molar-refractivity contribution in [3.05, 3.63) is 59.9 Å². The Hall–Kier alpha value is -3.22. The number of aromatic nitrogens is 1. The van der Waals surface area contributed by atoms with E-state index in [1.54, 1.807) is 42.7 Å². The van der Waals surface area contributed by atoms with Gasteiger partial charge in [0, 0.05) is 37.5 Å². The van der Waals surface area contributed by atoms with Crippen LogP contribution in [-0.4, -0.2) is 35.4 Å². The van der Waals surface area contributed by atoms with Gasteiger partial charge < -0.3 is 15.4 Å². The van der Waals surface area contributed by atoms with Crippen LogP contribution in [-0.2, 0) is 20.7 Å². The van der Waals surface area contributed by atoms with Crippen molar-refractivity contribution in [2.24, 2.45) is 0 Å². The molecule has 1 atom stereocenters. The second kappa shape index (κ2) is 7.57. The summed E-state index contributed by atoms with van der Waals surface area (Å²) in [5, 5.41) is 5.33. The third-order valence-corrected chi connectivity index (χ3v) is 3.80. The van der Waals surface area contributed by atoms with Crippen molar-refractivity contribution in [1.82, 2.24) is 10.3 Å². The van der Waals surface area contributed by atoms with Crippen molar-refractivity contribution < 1.29 is 19.1 Å². The highest BCUT2D eigenvalue weighted by Crippen LogP contribution is 2.20. The number of nitrogens with zero attached hydrogens (tertiary/aromatic N) is 1. The maximum atomic E-state index is 12.2. The first-order chi connectivity index (χ1) is 12.1. The molecule has 2 amide bonds. The smallest absolute Gasteiger partial charge is 0.339 e. The first-order valence-electron chi connectivity index (χ1n) is 7.90. The van der Waals surface area contributed by atoms with E-state index in [1.807, 2.05) is 6.07 Å². The average molecular weight is 339 g/mol. The molecule has 2 heterocycles. The topological polar surface area (TPSA) is 97.4 Å². The molecule has 0 bridgehead atoms. The van der Waals surface area contributed by atoms with E-state index >= 15 is 0 Å². The zero-order valence-corrected chi connectivity index (χ0v) is 13.4. The fourth-order valence-corrected chi connectivity index (χ4v) is 2.55. The summed E-state index contributed by atoms with van der Waals surface area (Å²) in [4.78, 5) is 39.8. The van der Waals surface area contributed by atoms with E-state index in [-0.39, 0.29) is 18.9 Å². The molecule has 0 saturated carbocycles. The minimum atomic E-state index is -0.870. The first kappa shape index (κ1) is 16.6. The Balaban J connectivity index is 1.47. The zero-order chi connectivity index (χ0) is 17.6. The van der Waals surface area contributed by atoms with Gasteiger partial charge in [-0.3, -0.25) is 14.6 Å². The zero-order valence-electron chi connectivity index (χ0n) is 13.4. The monoisotopic (exact) mass is 339 g/mol. The van der Waals surface area contributed by atoms with Crippen molar-refractivity contribution in [2.45, 2.75) is 18.9 Å². The number of fused-ring (bicyclic) bond motifs is 1. The van der Waals surface area contributed by atoms with Gasteiger partial charge in [-0.1, -0.05) is 18.2 Å². The Morgan fingerprint density at radius 3 is 2.72 bits per heavy atom. The van der Waals surface area contributed by atoms with Crippen molar-refractivity contribution in [1.29, 1.82) is 0 Å². The fourth-order valence-electron chi connectivity index (χ4n) is 2.55. The molecule has 0 radical (unpaired) electrons. The maximum absolute atomic E-state index is 12.2. The van der Waals surface area contributed by atoms with E-state index in [0.29, 0.717) is 17.7 Å². The summed E-state index contributed by atoms with van der Waals surface area (Å²) in [7, 11) is 0. The highest BCUT2D eigenvalue weighted by molar-refractivity contribution is 5.96. The molecule has 25 heavy (non-hydrogen) atoms. The van der Waals surface area contributed by atoms with Crippen LogP contribution < -0.4 is 10.6 Å². The molecule has 1 aliphatic heterocycles. The van der Waals surface area contributed by atoms with Gasteiger partial charge in [0.2, 0.25) is 5.91 Å². The predicted molar refractivity (Wildman–Crippen MR) is 89.8 cm³/mol. The third kappa shape index (κ3) is 4.20. The molecule has 2 N–H and O–H groups in total. The lowest BCUT2D eigenvalue weighted by Gasteiger charge is -2.23. The Morgan fingerprint density at radius 1 is 1.16 bits per heavy atom. The molecular weight excluding hydrogens is 322 g/mol. The van der Waals surface area contributed by atoms with Gasteiger partial charge in [-0.25, -0.2) is 4.79 Å². The second-order valence-corrected chi connectivity index (χ2v) is 5.58. The minimum Gasteiger partial charge on any atom is -0.448 e. The molecule has 0 fully saturated rings. The largest absolute Gasteiger partial charge is 0.448 e. The number of ether oxygens (including phenoxy) is 1. The molecule has 0 saturated heterocycles. The summed E-state index contributed by atoms with van der Waals surface area (Å²) in [5.41, 5.74) is 1.92. The second-order valence-electron chi connectivity index (χ2n) is 5.58. The Kier molecular flexibility index (Phi) is 5.03. The van der Waals surface area contributed by atoms with Crippen LogP contribution in [0.4, 0.5) is 5.69 Å². The number of carbonyl (C=O) groups is 3. The van der Waals surface area contributed by atoms with Crippen molar-refractivity contribution in [3.8, 4) is 0 Å². The quantitative estimate of drug-likeness (QED) is 0.801. The molecule has 1 aliphatic rings. The summed E-state index contributed by atoms with van der Waals surface area (Å²) in [6, 6.07) is 10.4. The van der Waals surface area contributed by atoms with E-state index in [4.69, 9.17) is 4.74 Å². The van der Waals surface area contributed by atoms with Crippen LogP contribution in [0, 0.1) is 0 Å². The van der Waals surface area contributed by atoms with Gasteiger partial charge in [0.15, 0.2) is 6.10 Å². The van der Waals surface area contributed by atoms with Crippen LogP contribution >= 0.6 is 0 Å². The number of hydrogen-bond donors (Lipinski definition) is 2. The number of pyridine rings is 1. The van der Waals surface area contributed by atoms with Crippen LogP contribution in [0.1, 0.15) is 22.3 Å². The molecular formula is C18H17N3O4. The summed E-state index contributed by atoms with van der Waals surface area (Å²) >= 11 is 0. The number of cyclic esters (lactones) is 1. The Morgan fingerprint density at radius 2 is 1.92 bits per heavy atom. The first-order valence-corrected chi connectivity index (χ1v) is 7.90. The summed E-state index contributed by atoms with van der Waals surface area (Å²) in [6.07, 6.45) is 2.73. The molecule has 128 valence electrons. The molecule has 7 nitrogen and oxygen atoms in total. The van der Waals surface area contributed by atoms with Gasteiger partial charge in [-0.2, -0.15) is 0 Å². The number of rotatable bonds is 5. The van der Waals surface area contributed by atoms with E-state index in [9.17, 15) is 14.4 Å². The van der Waals surface area contributed by atoms with Gasteiger partial charge >= 0.3 is 5.97 Å². The average Bonchev–Trinajstić information content (AvgIpc) is 2.62. The maximum Gasteiger partial charge on any atom is 0.339 e. The Bertz CT molecular complexity index is 792. The highest BCUT2D eigenvalue weighted by Gasteiger charge is 2.30. The molecule has 3 rings (SSSR count). The number of anilines is 1. The lowest BCUT2D eigenvalue weighted by Crippen LogP contribution is -2.42. The molecule has 2 aromatic rings. The number of esters is 1. The third-order valence-electron chi connectivity index (χ3n) is 3.80. The molecule has 0 aliphatic carbocycles. The van der Waals surface area contributed by atoms with Gasteiger partial charge in [-0.05, 0) is 23.8 Å². The van der Waals surface area contributed by atoms with Crippen LogP contribution in [0.2, 0.25) is 0 Å². The van der Waals surface area contributed by atoms with Gasteiger partial charge in [0.25, 0.3) is 5.91 Å². The molecule has 7 heteroatoms. The molecule has 1 aromatic carbocycles. The predicted octanol–water partition coefficient (Wildman–Crippen LogP) is 1.31. The van der Waals surface area contributed by atoms with Crippen molar-refractivity contribution >= 4 is 23.5 Å². The Labute approximate surface area is 144 Å². The van der Waals surface area contributed by atoms with E-state index in [0.717, 1.165) is 5.56 Å². The van der Waals surface area contributed by atoms with Crippen LogP contribution in [0.3, 0.4) is 0 Å². The van der Waals surface area contributed by atoms with Crippen LogP contribution in [0.25, 0.3) is 0 Å². The molecule has 0 unspecified atom stereocenters. The molecule has 1 aromatic heterocycles. The number of amides is 2. The van der Waals surface area contributed by atoms with Gasteiger partial charge in [0.05, 0.1) is 5.56 Å². The van der Waals surface area contributed by atoms with E-state index in [2.05, 4.69) is 15.6 Å². The number of hydrogen-bond acceptors (Lipinski definition) is 5. The van der Waals surface area contributed by atoms with Crippen molar-refractivity contribution in [2.75, 3.05) is 11.9 Å². The fraction of sp³-hybridized carbons (Fsp3) is 0.222. The van der Waals surface area contributed by atoms with Crippen LogP contribution in [0.5, 0.6) is 0 Å². The highest BCUT2D eigenvalue weighted by atomic mass is 16.5. The summed E-state index contributed by atoms with van der Waals surface area (Å²) < 4.78 is 5.17. The van der Waals surface area contributed by atoms with Crippen LogP contribution in [0.15, 0.2) is 48.8 Å². The number of carbonyl (C=O) groups excluding carboxylic acids is 3. The van der Waals surface area contributed by atoms with E-state index in [1.165, 1.54) is 0 Å². The lowest BCUT2D eigenvalue weighted by atomic mass is 9.98. The normalized spacial score (nSPS) is 15.7.